The molecule has 8 heteroatoms. The highest BCUT2D eigenvalue weighted by atomic mass is 16.6. The SMILES string of the molecule is CC(NC(=O)C(N)C(C)C)C(=O)OCC1CN2C(=O)CC2O1. The van der Waals surface area contributed by atoms with Crippen molar-refractivity contribution in [1.82, 2.24) is 10.2 Å². The van der Waals surface area contributed by atoms with Crippen LogP contribution in [-0.2, 0) is 23.9 Å². The first kappa shape index (κ1) is 16.7. The van der Waals surface area contributed by atoms with Gasteiger partial charge in [0.2, 0.25) is 11.8 Å². The smallest absolute Gasteiger partial charge is 0.328 e. The van der Waals surface area contributed by atoms with Crippen LogP contribution in [0.5, 0.6) is 0 Å². The van der Waals surface area contributed by atoms with Gasteiger partial charge < -0.3 is 25.4 Å². The van der Waals surface area contributed by atoms with Crippen molar-refractivity contribution in [2.75, 3.05) is 13.2 Å². The van der Waals surface area contributed by atoms with E-state index >= 15 is 0 Å². The molecule has 2 aliphatic rings. The number of hydrogen-bond acceptors (Lipinski definition) is 6. The molecule has 0 radical (unpaired) electrons. The Labute approximate surface area is 129 Å². The molecular weight excluding hydrogens is 290 g/mol. The first-order valence-corrected chi connectivity index (χ1v) is 7.47. The molecule has 8 nitrogen and oxygen atoms in total. The fourth-order valence-corrected chi connectivity index (χ4v) is 2.31. The minimum absolute atomic E-state index is 0.0165. The van der Waals surface area contributed by atoms with Gasteiger partial charge in [-0.15, -0.1) is 0 Å². The van der Waals surface area contributed by atoms with E-state index in [1.807, 2.05) is 13.8 Å². The van der Waals surface area contributed by atoms with Crippen molar-refractivity contribution in [1.29, 1.82) is 0 Å². The molecule has 0 bridgehead atoms. The van der Waals surface area contributed by atoms with Crippen LogP contribution in [0.1, 0.15) is 27.2 Å². The molecular formula is C14H23N3O5. The van der Waals surface area contributed by atoms with Gasteiger partial charge in [0.1, 0.15) is 25.0 Å². The molecule has 2 rings (SSSR count). The quantitative estimate of drug-likeness (QED) is 0.479. The van der Waals surface area contributed by atoms with E-state index in [0.717, 1.165) is 0 Å². The largest absolute Gasteiger partial charge is 0.461 e. The van der Waals surface area contributed by atoms with Crippen molar-refractivity contribution in [2.24, 2.45) is 11.7 Å². The summed E-state index contributed by atoms with van der Waals surface area (Å²) in [4.78, 5) is 36.5. The molecule has 0 aromatic heterocycles. The molecule has 0 spiro atoms. The molecule has 4 atom stereocenters. The lowest BCUT2D eigenvalue weighted by Gasteiger charge is -2.31. The molecule has 2 fully saturated rings. The highest BCUT2D eigenvalue weighted by molar-refractivity contribution is 5.87. The number of nitrogens with one attached hydrogen (secondary N) is 1. The van der Waals surface area contributed by atoms with Gasteiger partial charge in [0, 0.05) is 0 Å². The van der Waals surface area contributed by atoms with Crippen molar-refractivity contribution in [3.63, 3.8) is 0 Å². The molecule has 2 heterocycles. The molecule has 124 valence electrons. The average molecular weight is 313 g/mol. The molecule has 0 aliphatic carbocycles. The number of esters is 1. The summed E-state index contributed by atoms with van der Waals surface area (Å²) < 4.78 is 10.7. The summed E-state index contributed by atoms with van der Waals surface area (Å²) in [6.07, 6.45) is -0.0807. The number of fused-ring (bicyclic) bond motifs is 1. The Kier molecular flexibility index (Phi) is 5.02. The van der Waals surface area contributed by atoms with Gasteiger partial charge in [-0.25, -0.2) is 4.79 Å². The highest BCUT2D eigenvalue weighted by Gasteiger charge is 2.45. The molecule has 0 aromatic rings. The van der Waals surface area contributed by atoms with Gasteiger partial charge in [0.05, 0.1) is 19.0 Å². The summed E-state index contributed by atoms with van der Waals surface area (Å²) >= 11 is 0. The van der Waals surface area contributed by atoms with Crippen LogP contribution in [0.15, 0.2) is 0 Å². The molecule has 0 aromatic carbocycles. The Morgan fingerprint density at radius 1 is 1.45 bits per heavy atom. The second kappa shape index (κ2) is 6.62. The number of amides is 2. The van der Waals surface area contributed by atoms with E-state index in [4.69, 9.17) is 15.2 Å². The third kappa shape index (κ3) is 3.56. The average Bonchev–Trinajstić information content (AvgIpc) is 2.80. The van der Waals surface area contributed by atoms with Crippen LogP contribution in [0.3, 0.4) is 0 Å². The number of nitrogens with zero attached hydrogens (tertiary/aromatic N) is 1. The van der Waals surface area contributed by atoms with Gasteiger partial charge in [-0.05, 0) is 12.8 Å². The van der Waals surface area contributed by atoms with Crippen LogP contribution in [0, 0.1) is 5.92 Å². The third-order valence-electron chi connectivity index (χ3n) is 3.91. The fraction of sp³-hybridized carbons (Fsp3) is 0.786. The van der Waals surface area contributed by atoms with E-state index in [9.17, 15) is 14.4 Å². The van der Waals surface area contributed by atoms with Crippen LogP contribution < -0.4 is 11.1 Å². The number of β-lactam (4-membered cyclic amide) rings is 1. The summed E-state index contributed by atoms with van der Waals surface area (Å²) in [6, 6.07) is -1.44. The minimum Gasteiger partial charge on any atom is -0.461 e. The van der Waals surface area contributed by atoms with E-state index in [0.29, 0.717) is 13.0 Å². The number of carbonyl (C=O) groups is 3. The lowest BCUT2D eigenvalue weighted by Crippen LogP contribution is -2.49. The Bertz CT molecular complexity index is 467. The maximum Gasteiger partial charge on any atom is 0.328 e. The lowest BCUT2D eigenvalue weighted by atomic mass is 10.0. The zero-order valence-corrected chi connectivity index (χ0v) is 13.1. The van der Waals surface area contributed by atoms with E-state index in [1.165, 1.54) is 0 Å². The molecule has 2 saturated heterocycles. The predicted molar refractivity (Wildman–Crippen MR) is 76.4 cm³/mol. The summed E-state index contributed by atoms with van der Waals surface area (Å²) in [5, 5.41) is 2.53. The Morgan fingerprint density at radius 2 is 2.14 bits per heavy atom. The molecule has 2 amide bonds. The molecule has 2 aliphatic heterocycles. The number of carbonyl (C=O) groups excluding carboxylic acids is 3. The van der Waals surface area contributed by atoms with Gasteiger partial charge >= 0.3 is 5.97 Å². The molecule has 3 N–H and O–H groups in total. The molecule has 4 unspecified atom stereocenters. The second-order valence-corrected chi connectivity index (χ2v) is 6.09. The van der Waals surface area contributed by atoms with Crippen molar-refractivity contribution < 1.29 is 23.9 Å². The zero-order chi connectivity index (χ0) is 16.4. The van der Waals surface area contributed by atoms with E-state index in [1.54, 1.807) is 11.8 Å². The van der Waals surface area contributed by atoms with Gasteiger partial charge in [0.25, 0.3) is 0 Å². The van der Waals surface area contributed by atoms with Crippen LogP contribution in [0.4, 0.5) is 0 Å². The van der Waals surface area contributed by atoms with E-state index in [-0.39, 0.29) is 36.7 Å². The zero-order valence-electron chi connectivity index (χ0n) is 13.1. The van der Waals surface area contributed by atoms with Gasteiger partial charge in [-0.2, -0.15) is 0 Å². The van der Waals surface area contributed by atoms with E-state index in [2.05, 4.69) is 5.32 Å². The van der Waals surface area contributed by atoms with Crippen LogP contribution in [-0.4, -0.2) is 60.3 Å². The summed E-state index contributed by atoms with van der Waals surface area (Å²) in [6.45, 7) is 5.70. The summed E-state index contributed by atoms with van der Waals surface area (Å²) in [7, 11) is 0. The Hall–Kier alpha value is -1.67. The normalized spacial score (nSPS) is 26.2. The Balaban J connectivity index is 1.71. The number of rotatable bonds is 6. The maximum atomic E-state index is 11.9. The number of nitrogens with two attached hydrogens (primary N) is 1. The maximum absolute atomic E-state index is 11.9. The lowest BCUT2D eigenvalue weighted by molar-refractivity contribution is -0.160. The summed E-state index contributed by atoms with van der Waals surface area (Å²) in [5.41, 5.74) is 5.71. The predicted octanol–water partition coefficient (Wildman–Crippen LogP) is -1.03. The first-order valence-electron chi connectivity index (χ1n) is 7.47. The fourth-order valence-electron chi connectivity index (χ4n) is 2.31. The van der Waals surface area contributed by atoms with Gasteiger partial charge in [0.15, 0.2) is 0 Å². The monoisotopic (exact) mass is 313 g/mol. The molecule has 22 heavy (non-hydrogen) atoms. The van der Waals surface area contributed by atoms with Crippen molar-refractivity contribution in [3.05, 3.63) is 0 Å². The first-order chi connectivity index (χ1) is 10.3. The van der Waals surface area contributed by atoms with Crippen molar-refractivity contribution >= 4 is 17.8 Å². The molecule has 0 saturated carbocycles. The Morgan fingerprint density at radius 3 is 2.68 bits per heavy atom. The standard InChI is InChI=1S/C14H23N3O5/c1-7(2)12(15)13(19)16-8(3)14(20)21-6-9-5-17-10(18)4-11(17)22-9/h7-9,11-12H,4-6,15H2,1-3H3,(H,16,19). The minimum atomic E-state index is -0.780. The van der Waals surface area contributed by atoms with Gasteiger partial charge in [-0.3, -0.25) is 9.59 Å². The summed E-state index contributed by atoms with van der Waals surface area (Å²) in [5.74, 6) is -0.890. The van der Waals surface area contributed by atoms with Gasteiger partial charge in [-0.1, -0.05) is 13.8 Å². The van der Waals surface area contributed by atoms with Crippen molar-refractivity contribution in [2.45, 2.75) is 51.6 Å². The van der Waals surface area contributed by atoms with Crippen molar-refractivity contribution in [3.8, 4) is 0 Å². The number of ether oxygens (including phenoxy) is 2. The number of hydrogen-bond donors (Lipinski definition) is 2. The highest BCUT2D eigenvalue weighted by Crippen LogP contribution is 2.28. The third-order valence-corrected chi connectivity index (χ3v) is 3.91. The topological polar surface area (TPSA) is 111 Å². The van der Waals surface area contributed by atoms with Crippen LogP contribution in [0.2, 0.25) is 0 Å². The van der Waals surface area contributed by atoms with Crippen LogP contribution >= 0.6 is 0 Å². The van der Waals surface area contributed by atoms with Crippen LogP contribution in [0.25, 0.3) is 0 Å². The second-order valence-electron chi connectivity index (χ2n) is 6.09. The van der Waals surface area contributed by atoms with E-state index < -0.39 is 18.1 Å².